The Morgan fingerprint density at radius 2 is 2.04 bits per heavy atom. The first-order valence-electron chi connectivity index (χ1n) is 9.16. The van der Waals surface area contributed by atoms with Gasteiger partial charge >= 0.3 is 0 Å². The van der Waals surface area contributed by atoms with Crippen LogP contribution < -0.4 is 4.74 Å². The fourth-order valence-electron chi connectivity index (χ4n) is 2.99. The number of carbonyl (C=O) groups excluding carboxylic acids is 1. The average molecular weight is 442 g/mol. The summed E-state index contributed by atoms with van der Waals surface area (Å²) in [5.74, 6) is 1.70. The van der Waals surface area contributed by atoms with Crippen molar-refractivity contribution in [1.82, 2.24) is 15.0 Å². The lowest BCUT2D eigenvalue weighted by Gasteiger charge is -2.23. The predicted octanol–water partition coefficient (Wildman–Crippen LogP) is 4.52. The van der Waals surface area contributed by atoms with Crippen LogP contribution in [-0.2, 0) is 13.2 Å². The molecule has 0 spiro atoms. The Hall–Kier alpha value is -2.67. The van der Waals surface area contributed by atoms with E-state index in [1.54, 1.807) is 31.2 Å². The molecule has 144 valence electrons. The second-order valence-corrected chi connectivity index (χ2v) is 7.75. The summed E-state index contributed by atoms with van der Waals surface area (Å²) >= 11 is 3.50. The van der Waals surface area contributed by atoms with E-state index in [9.17, 15) is 4.79 Å². The van der Waals surface area contributed by atoms with Gasteiger partial charge in [-0.25, -0.2) is 0 Å². The predicted molar refractivity (Wildman–Crippen MR) is 107 cm³/mol. The van der Waals surface area contributed by atoms with E-state index in [0.717, 1.165) is 22.9 Å². The van der Waals surface area contributed by atoms with E-state index >= 15 is 0 Å². The summed E-state index contributed by atoms with van der Waals surface area (Å²) in [5, 5.41) is 3.80. The molecule has 0 atom stereocenters. The highest BCUT2D eigenvalue weighted by Gasteiger charge is 2.33. The van der Waals surface area contributed by atoms with E-state index in [-0.39, 0.29) is 12.5 Å². The molecule has 0 aliphatic heterocycles. The molecule has 7 heteroatoms. The molecule has 2 aromatic carbocycles. The molecule has 0 bridgehead atoms. The highest BCUT2D eigenvalue weighted by Crippen LogP contribution is 2.30. The van der Waals surface area contributed by atoms with Gasteiger partial charge in [0.25, 0.3) is 5.91 Å². The van der Waals surface area contributed by atoms with E-state index in [2.05, 4.69) is 32.1 Å². The van der Waals surface area contributed by atoms with Crippen molar-refractivity contribution in [3.05, 3.63) is 75.8 Å². The Kier molecular flexibility index (Phi) is 5.43. The SMILES string of the molecule is Cc1nc(COc2ccc(C(=O)N(Cc3cccc(Br)c3)C3CC3)cc2)no1. The first-order chi connectivity index (χ1) is 13.6. The number of ether oxygens (including phenoxy) is 1. The Labute approximate surface area is 171 Å². The van der Waals surface area contributed by atoms with Crippen LogP contribution in [0.25, 0.3) is 0 Å². The minimum atomic E-state index is 0.0443. The van der Waals surface area contributed by atoms with Crippen molar-refractivity contribution in [2.75, 3.05) is 0 Å². The molecule has 0 N–H and O–H groups in total. The Balaban J connectivity index is 1.42. The summed E-state index contributed by atoms with van der Waals surface area (Å²) in [5.41, 5.74) is 1.77. The highest BCUT2D eigenvalue weighted by atomic mass is 79.9. The van der Waals surface area contributed by atoms with Gasteiger partial charge in [0.2, 0.25) is 11.7 Å². The smallest absolute Gasteiger partial charge is 0.254 e. The maximum absolute atomic E-state index is 13.1. The molecule has 1 aromatic heterocycles. The van der Waals surface area contributed by atoms with Crippen LogP contribution in [0.5, 0.6) is 5.75 Å². The summed E-state index contributed by atoms with van der Waals surface area (Å²) in [6, 6.07) is 15.6. The van der Waals surface area contributed by atoms with E-state index in [1.165, 1.54) is 0 Å². The van der Waals surface area contributed by atoms with Crippen LogP contribution in [0.3, 0.4) is 0 Å². The van der Waals surface area contributed by atoms with Gasteiger partial charge in [0, 0.05) is 29.5 Å². The standard InChI is InChI=1S/C21H20BrN3O3/c1-14-23-20(24-28-14)13-27-19-9-5-16(6-10-19)21(26)25(18-7-8-18)12-15-3-2-4-17(22)11-15/h2-6,9-11,18H,7-8,12-13H2,1H3. The summed E-state index contributed by atoms with van der Waals surface area (Å²) in [7, 11) is 0. The third kappa shape index (κ3) is 4.59. The van der Waals surface area contributed by atoms with E-state index in [0.29, 0.717) is 35.6 Å². The number of nitrogens with zero attached hydrogens (tertiary/aromatic N) is 3. The van der Waals surface area contributed by atoms with Gasteiger partial charge in [-0.15, -0.1) is 0 Å². The minimum absolute atomic E-state index is 0.0443. The minimum Gasteiger partial charge on any atom is -0.485 e. The highest BCUT2D eigenvalue weighted by molar-refractivity contribution is 9.10. The normalized spacial score (nSPS) is 13.4. The summed E-state index contributed by atoms with van der Waals surface area (Å²) in [6.07, 6.45) is 2.12. The van der Waals surface area contributed by atoms with Gasteiger partial charge in [-0.05, 0) is 54.8 Å². The van der Waals surface area contributed by atoms with Crippen LogP contribution in [0.1, 0.15) is 40.5 Å². The van der Waals surface area contributed by atoms with Crippen LogP contribution in [0.15, 0.2) is 57.5 Å². The Morgan fingerprint density at radius 1 is 1.25 bits per heavy atom. The average Bonchev–Trinajstić information content (AvgIpc) is 3.45. The summed E-state index contributed by atoms with van der Waals surface area (Å²) in [4.78, 5) is 19.1. The Bertz CT molecular complexity index is 967. The molecule has 6 nitrogen and oxygen atoms in total. The molecule has 28 heavy (non-hydrogen) atoms. The van der Waals surface area contributed by atoms with Crippen molar-refractivity contribution in [3.63, 3.8) is 0 Å². The van der Waals surface area contributed by atoms with E-state index < -0.39 is 0 Å². The molecule has 1 heterocycles. The number of benzene rings is 2. The fraction of sp³-hybridized carbons (Fsp3) is 0.286. The monoisotopic (exact) mass is 441 g/mol. The van der Waals surface area contributed by atoms with Crippen LogP contribution in [0, 0.1) is 6.92 Å². The fourth-order valence-corrected chi connectivity index (χ4v) is 3.44. The lowest BCUT2D eigenvalue weighted by Crippen LogP contribution is -2.32. The van der Waals surface area contributed by atoms with Crippen molar-refractivity contribution in [2.45, 2.75) is 39.0 Å². The molecule has 3 aromatic rings. The van der Waals surface area contributed by atoms with E-state index in [1.807, 2.05) is 23.1 Å². The number of aryl methyl sites for hydroxylation is 1. The number of halogens is 1. The van der Waals surface area contributed by atoms with E-state index in [4.69, 9.17) is 9.26 Å². The third-order valence-electron chi connectivity index (χ3n) is 4.53. The van der Waals surface area contributed by atoms with Gasteiger partial charge in [-0.1, -0.05) is 33.2 Å². The molecule has 4 rings (SSSR count). The number of aromatic nitrogens is 2. The zero-order valence-corrected chi connectivity index (χ0v) is 17.1. The molecule has 1 saturated carbocycles. The van der Waals surface area contributed by atoms with Crippen molar-refractivity contribution >= 4 is 21.8 Å². The van der Waals surface area contributed by atoms with Crippen LogP contribution >= 0.6 is 15.9 Å². The second-order valence-electron chi connectivity index (χ2n) is 6.84. The summed E-state index contributed by atoms with van der Waals surface area (Å²) in [6.45, 7) is 2.57. The molecule has 1 aliphatic carbocycles. The number of hydrogen-bond donors (Lipinski definition) is 0. The first kappa shape index (κ1) is 18.7. The number of amides is 1. The maximum atomic E-state index is 13.1. The van der Waals surface area contributed by atoms with Crippen LogP contribution in [0.4, 0.5) is 0 Å². The van der Waals surface area contributed by atoms with Gasteiger partial charge in [-0.2, -0.15) is 4.98 Å². The van der Waals surface area contributed by atoms with Crippen molar-refractivity contribution < 1.29 is 14.1 Å². The number of rotatable bonds is 7. The van der Waals surface area contributed by atoms with Crippen molar-refractivity contribution in [1.29, 1.82) is 0 Å². The molecule has 0 unspecified atom stereocenters. The molecular weight excluding hydrogens is 422 g/mol. The first-order valence-corrected chi connectivity index (χ1v) is 9.95. The molecular formula is C21H20BrN3O3. The maximum Gasteiger partial charge on any atom is 0.254 e. The zero-order valence-electron chi connectivity index (χ0n) is 15.5. The molecule has 0 saturated heterocycles. The lowest BCUT2D eigenvalue weighted by molar-refractivity contribution is 0.0730. The largest absolute Gasteiger partial charge is 0.485 e. The van der Waals surface area contributed by atoms with Gasteiger partial charge in [0.15, 0.2) is 6.61 Å². The van der Waals surface area contributed by atoms with Gasteiger partial charge < -0.3 is 14.2 Å². The molecule has 0 radical (unpaired) electrons. The van der Waals surface area contributed by atoms with Gasteiger partial charge in [-0.3, -0.25) is 4.79 Å². The topological polar surface area (TPSA) is 68.5 Å². The van der Waals surface area contributed by atoms with Crippen LogP contribution in [-0.4, -0.2) is 27.0 Å². The van der Waals surface area contributed by atoms with Gasteiger partial charge in [0.05, 0.1) is 0 Å². The Morgan fingerprint density at radius 3 is 2.68 bits per heavy atom. The zero-order chi connectivity index (χ0) is 19.5. The quantitative estimate of drug-likeness (QED) is 0.538. The second kappa shape index (κ2) is 8.14. The van der Waals surface area contributed by atoms with Crippen molar-refractivity contribution in [2.24, 2.45) is 0 Å². The molecule has 1 aliphatic rings. The lowest BCUT2D eigenvalue weighted by atomic mass is 10.1. The number of hydrogen-bond acceptors (Lipinski definition) is 5. The van der Waals surface area contributed by atoms with Gasteiger partial charge in [0.1, 0.15) is 5.75 Å². The molecule has 1 amide bonds. The third-order valence-corrected chi connectivity index (χ3v) is 5.02. The van der Waals surface area contributed by atoms with Crippen molar-refractivity contribution in [3.8, 4) is 5.75 Å². The summed E-state index contributed by atoms with van der Waals surface area (Å²) < 4.78 is 11.6. The number of carbonyl (C=O) groups is 1. The molecule has 1 fully saturated rings. The van der Waals surface area contributed by atoms with Crippen LogP contribution in [0.2, 0.25) is 0 Å².